The van der Waals surface area contributed by atoms with Gasteiger partial charge in [-0.1, -0.05) is 12.8 Å². The number of carbonyl (C=O) groups excluding carboxylic acids is 2. The van der Waals surface area contributed by atoms with E-state index < -0.39 is 15.9 Å². The number of fused-ring (bicyclic) bond motifs is 1. The van der Waals surface area contributed by atoms with Gasteiger partial charge in [0.25, 0.3) is 0 Å². The van der Waals surface area contributed by atoms with Crippen LogP contribution in [0.1, 0.15) is 51.4 Å². The standard InChI is InChI=1S/C18H27NO5S/c1-24-17(21)15-10-12-4-2-3-5-14(12)19(15)16(20)13-11-18(13)6-8-25(22,23)9-7-18/h12-15H,2-11H2,1H3. The molecule has 0 aromatic heterocycles. The molecule has 25 heavy (non-hydrogen) atoms. The van der Waals surface area contributed by atoms with Crippen molar-refractivity contribution in [2.45, 2.75) is 63.5 Å². The first-order valence-electron chi connectivity index (χ1n) is 9.47. The molecule has 4 aliphatic rings. The zero-order valence-corrected chi connectivity index (χ0v) is 15.6. The first-order valence-corrected chi connectivity index (χ1v) is 11.3. The van der Waals surface area contributed by atoms with Gasteiger partial charge in [-0.05, 0) is 49.9 Å². The Labute approximate surface area is 149 Å². The molecular formula is C18H27NO5S. The maximum atomic E-state index is 13.3. The molecule has 4 unspecified atom stereocenters. The average molecular weight is 369 g/mol. The maximum Gasteiger partial charge on any atom is 0.328 e. The number of amides is 1. The van der Waals surface area contributed by atoms with E-state index in [9.17, 15) is 18.0 Å². The minimum Gasteiger partial charge on any atom is -0.467 e. The van der Waals surface area contributed by atoms with Gasteiger partial charge in [-0.25, -0.2) is 13.2 Å². The lowest BCUT2D eigenvalue weighted by Crippen LogP contribution is -2.48. The van der Waals surface area contributed by atoms with Crippen molar-refractivity contribution in [3.8, 4) is 0 Å². The van der Waals surface area contributed by atoms with E-state index >= 15 is 0 Å². The van der Waals surface area contributed by atoms with E-state index in [1.165, 1.54) is 13.5 Å². The highest BCUT2D eigenvalue weighted by atomic mass is 32.2. The largest absolute Gasteiger partial charge is 0.467 e. The number of ether oxygens (including phenoxy) is 1. The minimum absolute atomic E-state index is 0.0732. The molecule has 4 rings (SSSR count). The third kappa shape index (κ3) is 2.88. The minimum atomic E-state index is -2.93. The molecule has 0 aromatic carbocycles. The van der Waals surface area contributed by atoms with Gasteiger partial charge in [-0.2, -0.15) is 0 Å². The number of carbonyl (C=O) groups is 2. The van der Waals surface area contributed by atoms with Gasteiger partial charge in [0.05, 0.1) is 18.6 Å². The third-order valence-corrected chi connectivity index (χ3v) is 8.78. The van der Waals surface area contributed by atoms with Gasteiger partial charge in [0.1, 0.15) is 15.9 Å². The van der Waals surface area contributed by atoms with Crippen molar-refractivity contribution < 1.29 is 22.7 Å². The predicted molar refractivity (Wildman–Crippen MR) is 91.4 cm³/mol. The fourth-order valence-corrected chi connectivity index (χ4v) is 7.14. The number of rotatable bonds is 2. The lowest BCUT2D eigenvalue weighted by molar-refractivity contribution is -0.153. The Morgan fingerprint density at radius 2 is 1.80 bits per heavy atom. The van der Waals surface area contributed by atoms with Crippen LogP contribution < -0.4 is 0 Å². The van der Waals surface area contributed by atoms with Crippen LogP contribution >= 0.6 is 0 Å². The van der Waals surface area contributed by atoms with E-state index in [2.05, 4.69) is 0 Å². The maximum absolute atomic E-state index is 13.3. The number of sulfone groups is 1. The molecule has 0 bridgehead atoms. The molecule has 6 nitrogen and oxygen atoms in total. The second kappa shape index (κ2) is 5.96. The number of hydrogen-bond acceptors (Lipinski definition) is 5. The molecule has 4 fully saturated rings. The van der Waals surface area contributed by atoms with Crippen LogP contribution in [0.2, 0.25) is 0 Å². The summed E-state index contributed by atoms with van der Waals surface area (Å²) in [5, 5.41) is 0. The summed E-state index contributed by atoms with van der Waals surface area (Å²) in [4.78, 5) is 27.4. The van der Waals surface area contributed by atoms with E-state index in [0.717, 1.165) is 32.1 Å². The summed E-state index contributed by atoms with van der Waals surface area (Å²) >= 11 is 0. The summed E-state index contributed by atoms with van der Waals surface area (Å²) in [5.74, 6) is 0.471. The monoisotopic (exact) mass is 369 g/mol. The number of hydrogen-bond donors (Lipinski definition) is 0. The van der Waals surface area contributed by atoms with E-state index in [1.807, 2.05) is 4.90 Å². The van der Waals surface area contributed by atoms with Crippen molar-refractivity contribution >= 4 is 21.7 Å². The molecule has 2 heterocycles. The molecule has 140 valence electrons. The van der Waals surface area contributed by atoms with Crippen LogP contribution in [-0.4, -0.2) is 55.9 Å². The smallest absolute Gasteiger partial charge is 0.328 e. The Bertz CT molecular complexity index is 674. The Balaban J connectivity index is 1.53. The predicted octanol–water partition coefficient (Wildman–Crippen LogP) is 1.53. The van der Waals surface area contributed by atoms with Crippen LogP contribution in [0.3, 0.4) is 0 Å². The third-order valence-electron chi connectivity index (χ3n) is 7.13. The summed E-state index contributed by atoms with van der Waals surface area (Å²) in [6, 6.07) is -0.286. The van der Waals surface area contributed by atoms with Gasteiger partial charge in [-0.3, -0.25) is 4.79 Å². The lowest BCUT2D eigenvalue weighted by atomic mass is 9.84. The van der Waals surface area contributed by atoms with Gasteiger partial charge in [0, 0.05) is 12.0 Å². The van der Waals surface area contributed by atoms with E-state index in [1.54, 1.807) is 0 Å². The van der Waals surface area contributed by atoms with Gasteiger partial charge < -0.3 is 9.64 Å². The van der Waals surface area contributed by atoms with Crippen molar-refractivity contribution in [3.05, 3.63) is 0 Å². The van der Waals surface area contributed by atoms with E-state index in [-0.39, 0.29) is 40.8 Å². The SMILES string of the molecule is COC(=O)C1CC2CCCCC2N1C(=O)C1CC12CCS(=O)(=O)CC2. The summed E-state index contributed by atoms with van der Waals surface area (Å²) in [7, 11) is -1.54. The molecule has 2 saturated heterocycles. The molecule has 0 radical (unpaired) electrons. The molecule has 2 saturated carbocycles. The lowest BCUT2D eigenvalue weighted by Gasteiger charge is -2.34. The van der Waals surface area contributed by atoms with E-state index in [0.29, 0.717) is 18.8 Å². The number of likely N-dealkylation sites (tertiary alicyclic amines) is 1. The fraction of sp³-hybridized carbons (Fsp3) is 0.889. The topological polar surface area (TPSA) is 80.8 Å². The summed E-state index contributed by atoms with van der Waals surface area (Å²) < 4.78 is 28.4. The number of methoxy groups -OCH3 is 1. The Morgan fingerprint density at radius 3 is 2.48 bits per heavy atom. The molecular weight excluding hydrogens is 342 g/mol. The molecule has 1 amide bonds. The van der Waals surface area contributed by atoms with Crippen LogP contribution in [0.25, 0.3) is 0 Å². The van der Waals surface area contributed by atoms with Crippen LogP contribution in [-0.2, 0) is 24.2 Å². The van der Waals surface area contributed by atoms with Crippen molar-refractivity contribution in [2.24, 2.45) is 17.3 Å². The fourth-order valence-electron chi connectivity index (χ4n) is 5.50. The van der Waals surface area contributed by atoms with Crippen molar-refractivity contribution in [1.82, 2.24) is 4.90 Å². The quantitative estimate of drug-likeness (QED) is 0.690. The Hall–Kier alpha value is -1.11. The first kappa shape index (κ1) is 17.3. The van der Waals surface area contributed by atoms with Gasteiger partial charge in [0.2, 0.25) is 5.91 Å². The van der Waals surface area contributed by atoms with E-state index in [4.69, 9.17) is 4.74 Å². The highest BCUT2D eigenvalue weighted by Gasteiger charge is 2.62. The normalized spacial score (nSPS) is 38.2. The Morgan fingerprint density at radius 1 is 1.12 bits per heavy atom. The summed E-state index contributed by atoms with van der Waals surface area (Å²) in [6.45, 7) is 0. The second-order valence-corrected chi connectivity index (χ2v) is 10.7. The molecule has 7 heteroatoms. The molecule has 1 spiro atoms. The van der Waals surface area contributed by atoms with Gasteiger partial charge in [-0.15, -0.1) is 0 Å². The summed E-state index contributed by atoms with van der Waals surface area (Å²) in [6.07, 6.45) is 7.01. The molecule has 4 atom stereocenters. The molecule has 0 aromatic rings. The van der Waals surface area contributed by atoms with Crippen molar-refractivity contribution in [2.75, 3.05) is 18.6 Å². The van der Waals surface area contributed by atoms with Crippen molar-refractivity contribution in [1.29, 1.82) is 0 Å². The average Bonchev–Trinajstić information content (AvgIpc) is 3.18. The van der Waals surface area contributed by atoms with Crippen molar-refractivity contribution in [3.63, 3.8) is 0 Å². The first-order chi connectivity index (χ1) is 11.9. The summed E-state index contributed by atoms with van der Waals surface area (Å²) in [5.41, 5.74) is -0.129. The Kier molecular flexibility index (Phi) is 4.13. The van der Waals surface area contributed by atoms with Gasteiger partial charge in [0.15, 0.2) is 0 Å². The second-order valence-electron chi connectivity index (χ2n) is 8.40. The molecule has 2 aliphatic carbocycles. The highest BCUT2D eigenvalue weighted by Crippen LogP contribution is 2.61. The number of nitrogens with zero attached hydrogens (tertiary/aromatic N) is 1. The zero-order valence-electron chi connectivity index (χ0n) is 14.8. The van der Waals surface area contributed by atoms with Crippen LogP contribution in [0.5, 0.6) is 0 Å². The van der Waals surface area contributed by atoms with Crippen LogP contribution in [0.15, 0.2) is 0 Å². The molecule has 0 N–H and O–H groups in total. The highest BCUT2D eigenvalue weighted by molar-refractivity contribution is 7.91. The van der Waals surface area contributed by atoms with Gasteiger partial charge >= 0.3 is 5.97 Å². The van der Waals surface area contributed by atoms with Crippen LogP contribution in [0.4, 0.5) is 0 Å². The number of esters is 1. The zero-order chi connectivity index (χ0) is 17.8. The van der Waals surface area contributed by atoms with Crippen LogP contribution in [0, 0.1) is 17.3 Å². The molecule has 2 aliphatic heterocycles.